The number of aliphatic hydroxyl groups is 2. The van der Waals surface area contributed by atoms with Crippen LogP contribution < -0.4 is 21.7 Å². The normalized spacial score (nSPS) is 15.2. The molecule has 2 aromatic heterocycles. The van der Waals surface area contributed by atoms with Crippen LogP contribution in [0, 0.1) is 0 Å². The highest BCUT2D eigenvalue weighted by Gasteiger charge is 2.31. The lowest BCUT2D eigenvalue weighted by atomic mass is 10.0. The first kappa shape index (κ1) is 28.3. The van der Waals surface area contributed by atoms with Crippen LogP contribution in [0.1, 0.15) is 18.2 Å². The van der Waals surface area contributed by atoms with Gasteiger partial charge in [-0.2, -0.15) is 0 Å². The van der Waals surface area contributed by atoms with E-state index < -0.39 is 60.6 Å². The number of amides is 3. The molecule has 0 aliphatic rings. The Bertz CT molecular complexity index is 1260. The molecule has 0 saturated carbocycles. The zero-order chi connectivity index (χ0) is 27.8. The van der Waals surface area contributed by atoms with Crippen LogP contribution in [0.25, 0.3) is 10.9 Å². The van der Waals surface area contributed by atoms with E-state index in [9.17, 15) is 34.5 Å². The van der Waals surface area contributed by atoms with E-state index in [1.807, 2.05) is 24.3 Å². The number of carbonyl (C=O) groups excluding carboxylic acids is 3. The fourth-order valence-corrected chi connectivity index (χ4v) is 3.77. The summed E-state index contributed by atoms with van der Waals surface area (Å²) >= 11 is 0. The van der Waals surface area contributed by atoms with Crippen molar-refractivity contribution in [1.29, 1.82) is 0 Å². The van der Waals surface area contributed by atoms with Crippen LogP contribution in [-0.2, 0) is 32.0 Å². The van der Waals surface area contributed by atoms with Crippen molar-refractivity contribution in [2.75, 3.05) is 6.61 Å². The number of aromatic nitrogens is 3. The topological polar surface area (TPSA) is 236 Å². The number of nitrogens with zero attached hydrogens (tertiary/aromatic N) is 1. The molecule has 0 aliphatic carbocycles. The van der Waals surface area contributed by atoms with Crippen molar-refractivity contribution < 1.29 is 34.5 Å². The number of H-pyrrole nitrogens is 2. The number of carboxylic acid groups (broad SMARTS) is 1. The molecule has 204 valence electrons. The molecule has 1 aromatic carbocycles. The first-order valence-electron chi connectivity index (χ1n) is 11.8. The summed E-state index contributed by atoms with van der Waals surface area (Å²) in [6, 6.07) is 1.87. The molecule has 14 heteroatoms. The lowest BCUT2D eigenvalue weighted by molar-refractivity contribution is -0.142. The van der Waals surface area contributed by atoms with Crippen molar-refractivity contribution in [3.05, 3.63) is 54.2 Å². The van der Waals surface area contributed by atoms with Crippen molar-refractivity contribution in [3.63, 3.8) is 0 Å². The molecule has 2 heterocycles. The second-order valence-corrected chi connectivity index (χ2v) is 8.82. The second-order valence-electron chi connectivity index (χ2n) is 8.82. The molecule has 0 bridgehead atoms. The number of carbonyl (C=O) groups is 4. The smallest absolute Gasteiger partial charge is 0.326 e. The summed E-state index contributed by atoms with van der Waals surface area (Å²) in [5.41, 5.74) is 7.66. The third kappa shape index (κ3) is 7.15. The third-order valence-electron chi connectivity index (χ3n) is 5.96. The van der Waals surface area contributed by atoms with Crippen LogP contribution in [0.3, 0.4) is 0 Å². The molecule has 5 unspecified atom stereocenters. The summed E-state index contributed by atoms with van der Waals surface area (Å²) in [5, 5.41) is 36.9. The molecule has 3 rings (SSSR count). The Morgan fingerprint density at radius 2 is 1.63 bits per heavy atom. The maximum absolute atomic E-state index is 13.2. The summed E-state index contributed by atoms with van der Waals surface area (Å²) in [6.45, 7) is 0.488. The van der Waals surface area contributed by atoms with Crippen LogP contribution in [0.4, 0.5) is 0 Å². The zero-order valence-electron chi connectivity index (χ0n) is 20.5. The molecule has 3 aromatic rings. The third-order valence-corrected chi connectivity index (χ3v) is 5.96. The van der Waals surface area contributed by atoms with Gasteiger partial charge in [-0.1, -0.05) is 18.2 Å². The fraction of sp³-hybridized carbons (Fsp3) is 0.375. The van der Waals surface area contributed by atoms with Gasteiger partial charge in [0.15, 0.2) is 0 Å². The molecule has 3 amide bonds. The summed E-state index contributed by atoms with van der Waals surface area (Å²) in [4.78, 5) is 59.8. The highest BCUT2D eigenvalue weighted by Crippen LogP contribution is 2.19. The maximum Gasteiger partial charge on any atom is 0.326 e. The number of hydrogen-bond acceptors (Lipinski definition) is 8. The van der Waals surface area contributed by atoms with Crippen LogP contribution in [-0.4, -0.2) is 90.8 Å². The van der Waals surface area contributed by atoms with E-state index in [1.54, 1.807) is 6.20 Å². The first-order chi connectivity index (χ1) is 18.1. The van der Waals surface area contributed by atoms with Gasteiger partial charge in [0.2, 0.25) is 17.7 Å². The van der Waals surface area contributed by atoms with Gasteiger partial charge in [0, 0.05) is 41.8 Å². The molecule has 0 aliphatic heterocycles. The van der Waals surface area contributed by atoms with Gasteiger partial charge in [-0.3, -0.25) is 14.4 Å². The highest BCUT2D eigenvalue weighted by molar-refractivity contribution is 5.95. The van der Waals surface area contributed by atoms with Crippen LogP contribution >= 0.6 is 0 Å². The summed E-state index contributed by atoms with van der Waals surface area (Å²) in [5.74, 6) is -3.88. The van der Waals surface area contributed by atoms with Crippen molar-refractivity contribution >= 4 is 34.6 Å². The quantitative estimate of drug-likeness (QED) is 0.118. The Labute approximate surface area is 217 Å². The maximum atomic E-state index is 13.2. The Hall–Kier alpha value is -4.27. The Morgan fingerprint density at radius 3 is 2.26 bits per heavy atom. The number of fused-ring (bicyclic) bond motifs is 1. The van der Waals surface area contributed by atoms with E-state index in [4.69, 9.17) is 5.73 Å². The van der Waals surface area contributed by atoms with Gasteiger partial charge in [-0.25, -0.2) is 9.78 Å². The van der Waals surface area contributed by atoms with Crippen molar-refractivity contribution in [3.8, 4) is 0 Å². The van der Waals surface area contributed by atoms with Crippen molar-refractivity contribution in [2.24, 2.45) is 5.73 Å². The fourth-order valence-electron chi connectivity index (χ4n) is 3.77. The number of benzene rings is 1. The highest BCUT2D eigenvalue weighted by atomic mass is 16.4. The molecular formula is C24H31N7O7. The lowest BCUT2D eigenvalue weighted by Crippen LogP contribution is -2.59. The number of nitrogens with one attached hydrogen (secondary N) is 5. The summed E-state index contributed by atoms with van der Waals surface area (Å²) < 4.78 is 0. The number of para-hydroxylation sites is 1. The predicted molar refractivity (Wildman–Crippen MR) is 134 cm³/mol. The van der Waals surface area contributed by atoms with Crippen molar-refractivity contribution in [2.45, 2.75) is 50.0 Å². The minimum absolute atomic E-state index is 0.00847. The lowest BCUT2D eigenvalue weighted by Gasteiger charge is -2.24. The average Bonchev–Trinajstić information content (AvgIpc) is 3.55. The van der Waals surface area contributed by atoms with Gasteiger partial charge in [0.1, 0.15) is 24.2 Å². The number of imidazole rings is 1. The Morgan fingerprint density at radius 1 is 0.974 bits per heavy atom. The van der Waals surface area contributed by atoms with Crippen LogP contribution in [0.5, 0.6) is 0 Å². The van der Waals surface area contributed by atoms with Gasteiger partial charge < -0.3 is 47.0 Å². The minimum Gasteiger partial charge on any atom is -0.480 e. The number of carboxylic acids is 1. The molecule has 0 spiro atoms. The zero-order valence-corrected chi connectivity index (χ0v) is 20.5. The number of aliphatic carboxylic acids is 1. The van der Waals surface area contributed by atoms with Gasteiger partial charge in [0.25, 0.3) is 0 Å². The summed E-state index contributed by atoms with van der Waals surface area (Å²) in [6.07, 6.45) is 3.14. The van der Waals surface area contributed by atoms with Gasteiger partial charge in [0.05, 0.1) is 19.0 Å². The number of aliphatic hydroxyl groups excluding tert-OH is 2. The number of hydrogen-bond donors (Lipinski definition) is 9. The molecule has 5 atom stereocenters. The van der Waals surface area contributed by atoms with Crippen molar-refractivity contribution in [1.82, 2.24) is 30.9 Å². The molecule has 14 nitrogen and oxygen atoms in total. The van der Waals surface area contributed by atoms with E-state index in [2.05, 4.69) is 30.9 Å². The Kier molecular flexibility index (Phi) is 9.54. The monoisotopic (exact) mass is 529 g/mol. The number of aromatic amines is 2. The molecule has 10 N–H and O–H groups in total. The molecule has 0 fully saturated rings. The van der Waals surface area contributed by atoms with E-state index in [0.717, 1.165) is 10.9 Å². The molecule has 0 radical (unpaired) electrons. The Balaban J connectivity index is 1.76. The second kappa shape index (κ2) is 12.8. The van der Waals surface area contributed by atoms with Crippen LogP contribution in [0.15, 0.2) is 43.0 Å². The standard InChI is InChI=1S/C24H31N7O7/c1-12(33)20(25)23(36)29-17(6-13-8-27-16-5-3-2-4-15(13)16)21(34)31-19(10-32)22(35)30-18(24(37)38)7-14-9-26-11-28-14/h2-5,8-9,11-12,17-20,27,32-33H,6-7,10,25H2,1H3,(H,26,28)(H,29,36)(H,30,35)(H,31,34)(H,37,38). The van der Waals surface area contributed by atoms with Gasteiger partial charge in [-0.05, 0) is 18.6 Å². The van der Waals surface area contributed by atoms with E-state index in [0.29, 0.717) is 11.3 Å². The minimum atomic E-state index is -1.51. The molecule has 38 heavy (non-hydrogen) atoms. The SMILES string of the molecule is CC(O)C(N)C(=O)NC(Cc1c[nH]c2ccccc12)C(=O)NC(CO)C(=O)NC(Cc1cnc[nH]1)C(=O)O. The first-order valence-corrected chi connectivity index (χ1v) is 11.8. The van der Waals surface area contributed by atoms with Gasteiger partial charge in [-0.15, -0.1) is 0 Å². The molecule has 0 saturated heterocycles. The number of nitrogens with two attached hydrogens (primary N) is 1. The summed E-state index contributed by atoms with van der Waals surface area (Å²) in [7, 11) is 0. The average molecular weight is 530 g/mol. The van der Waals surface area contributed by atoms with E-state index in [-0.39, 0.29) is 12.8 Å². The van der Waals surface area contributed by atoms with Gasteiger partial charge >= 0.3 is 5.97 Å². The van der Waals surface area contributed by atoms with Crippen LogP contribution in [0.2, 0.25) is 0 Å². The largest absolute Gasteiger partial charge is 0.480 e. The predicted octanol–water partition coefficient (Wildman–Crippen LogP) is -2.08. The molecular weight excluding hydrogens is 498 g/mol. The number of rotatable bonds is 13. The van der Waals surface area contributed by atoms with E-state index >= 15 is 0 Å². The van der Waals surface area contributed by atoms with E-state index in [1.165, 1.54) is 19.4 Å².